The molecule has 0 fully saturated rings. The summed E-state index contributed by atoms with van der Waals surface area (Å²) in [6.07, 6.45) is 0.164. The topological polar surface area (TPSA) is 32.7 Å². The molecule has 7 heteroatoms. The summed E-state index contributed by atoms with van der Waals surface area (Å²) in [5.74, 6) is -0.212. The van der Waals surface area contributed by atoms with Crippen LogP contribution >= 0.6 is 46.4 Å². The quantitative estimate of drug-likeness (QED) is 0.689. The Balaban J connectivity index is 2.02. The molecule has 0 radical (unpaired) electrons. The van der Waals surface area contributed by atoms with Crippen LogP contribution < -0.4 is 5.01 Å². The van der Waals surface area contributed by atoms with Crippen LogP contribution in [0.3, 0.4) is 0 Å². The third-order valence-electron chi connectivity index (χ3n) is 3.15. The maximum atomic E-state index is 12.2. The van der Waals surface area contributed by atoms with Crippen LogP contribution in [0.15, 0.2) is 41.5 Å². The lowest BCUT2D eigenvalue weighted by Crippen LogP contribution is -2.20. The molecule has 0 aliphatic carbocycles. The Morgan fingerprint density at radius 2 is 1.50 bits per heavy atom. The van der Waals surface area contributed by atoms with Crippen molar-refractivity contribution in [3.05, 3.63) is 62.1 Å². The minimum atomic E-state index is -0.212. The molecular weight excluding hydrogens is 366 g/mol. The molecule has 22 heavy (non-hydrogen) atoms. The molecule has 0 saturated carbocycles. The molecule has 1 aliphatic rings. The number of hydrogen-bond donors (Lipinski definition) is 0. The fourth-order valence-electron chi connectivity index (χ4n) is 2.14. The highest BCUT2D eigenvalue weighted by molar-refractivity contribution is 6.42. The van der Waals surface area contributed by atoms with Crippen LogP contribution in [0.25, 0.3) is 0 Å². The fraction of sp³-hybridized carbons (Fsp3) is 0.0667. The number of hydrogen-bond acceptors (Lipinski definition) is 2. The summed E-state index contributed by atoms with van der Waals surface area (Å²) >= 11 is 24.0. The van der Waals surface area contributed by atoms with Crippen molar-refractivity contribution < 1.29 is 4.79 Å². The second-order valence-corrected chi connectivity index (χ2v) is 6.34. The molecule has 0 atom stereocenters. The molecule has 3 rings (SSSR count). The smallest absolute Gasteiger partial charge is 0.253 e. The second kappa shape index (κ2) is 6.09. The fourth-order valence-corrected chi connectivity index (χ4v) is 3.25. The van der Waals surface area contributed by atoms with Gasteiger partial charge in [0, 0.05) is 10.0 Å². The van der Waals surface area contributed by atoms with Crippen LogP contribution in [0.4, 0.5) is 5.69 Å². The predicted octanol–water partition coefficient (Wildman–Crippen LogP) is 5.44. The Labute approximate surface area is 147 Å². The number of rotatable bonds is 2. The largest absolute Gasteiger partial charge is 0.272 e. The number of hydrazone groups is 1. The van der Waals surface area contributed by atoms with Crippen molar-refractivity contribution in [2.45, 2.75) is 6.42 Å². The van der Waals surface area contributed by atoms with Gasteiger partial charge in [0.2, 0.25) is 0 Å². The van der Waals surface area contributed by atoms with Crippen molar-refractivity contribution in [2.75, 3.05) is 5.01 Å². The van der Waals surface area contributed by atoms with Crippen molar-refractivity contribution >= 4 is 63.7 Å². The van der Waals surface area contributed by atoms with Crippen LogP contribution in [-0.4, -0.2) is 11.6 Å². The summed E-state index contributed by atoms with van der Waals surface area (Å²) in [6.45, 7) is 0. The molecule has 3 nitrogen and oxygen atoms in total. The van der Waals surface area contributed by atoms with Gasteiger partial charge in [0.15, 0.2) is 0 Å². The minimum absolute atomic E-state index is 0.164. The zero-order valence-electron chi connectivity index (χ0n) is 11.0. The SMILES string of the molecule is O=C1CC(c2ccc(Cl)cc2)=NN1c1c(Cl)cc(Cl)cc1Cl. The van der Waals surface area contributed by atoms with E-state index in [1.54, 1.807) is 12.1 Å². The first kappa shape index (κ1) is 15.6. The van der Waals surface area contributed by atoms with E-state index in [-0.39, 0.29) is 22.4 Å². The van der Waals surface area contributed by atoms with Crippen LogP contribution in [0.2, 0.25) is 20.1 Å². The zero-order valence-corrected chi connectivity index (χ0v) is 14.0. The summed E-state index contributed by atoms with van der Waals surface area (Å²) in [5.41, 5.74) is 1.78. The summed E-state index contributed by atoms with van der Waals surface area (Å²) < 4.78 is 0. The number of anilines is 1. The van der Waals surface area contributed by atoms with Gasteiger partial charge in [-0.1, -0.05) is 58.5 Å². The number of carbonyl (C=O) groups is 1. The summed E-state index contributed by atoms with van der Waals surface area (Å²) in [5, 5.41) is 7.11. The number of benzene rings is 2. The first-order valence-corrected chi connectivity index (χ1v) is 7.78. The molecule has 0 bridgehead atoms. The van der Waals surface area contributed by atoms with E-state index in [2.05, 4.69) is 5.10 Å². The van der Waals surface area contributed by atoms with Gasteiger partial charge in [0.25, 0.3) is 5.91 Å². The average molecular weight is 374 g/mol. The van der Waals surface area contributed by atoms with E-state index in [0.29, 0.717) is 21.4 Å². The first-order valence-electron chi connectivity index (χ1n) is 6.26. The maximum Gasteiger partial charge on any atom is 0.253 e. The highest BCUT2D eigenvalue weighted by Crippen LogP contribution is 2.38. The van der Waals surface area contributed by atoms with Crippen molar-refractivity contribution in [2.24, 2.45) is 5.10 Å². The van der Waals surface area contributed by atoms with E-state index in [4.69, 9.17) is 46.4 Å². The lowest BCUT2D eigenvalue weighted by Gasteiger charge is -2.15. The van der Waals surface area contributed by atoms with E-state index >= 15 is 0 Å². The van der Waals surface area contributed by atoms with Crippen LogP contribution in [0, 0.1) is 0 Å². The molecule has 1 amide bonds. The van der Waals surface area contributed by atoms with E-state index in [0.717, 1.165) is 5.56 Å². The predicted molar refractivity (Wildman–Crippen MR) is 91.6 cm³/mol. The minimum Gasteiger partial charge on any atom is -0.272 e. The molecule has 112 valence electrons. The Morgan fingerprint density at radius 3 is 2.09 bits per heavy atom. The third-order valence-corrected chi connectivity index (χ3v) is 4.19. The van der Waals surface area contributed by atoms with Crippen LogP contribution in [-0.2, 0) is 4.79 Å². The first-order chi connectivity index (χ1) is 10.5. The van der Waals surface area contributed by atoms with Gasteiger partial charge < -0.3 is 0 Å². The van der Waals surface area contributed by atoms with Crippen molar-refractivity contribution in [3.8, 4) is 0 Å². The van der Waals surface area contributed by atoms with Gasteiger partial charge in [-0.2, -0.15) is 10.1 Å². The number of halogens is 4. The van der Waals surface area contributed by atoms with Gasteiger partial charge in [-0.3, -0.25) is 4.79 Å². The second-order valence-electron chi connectivity index (χ2n) is 4.65. The molecule has 0 saturated heterocycles. The highest BCUT2D eigenvalue weighted by Gasteiger charge is 2.29. The molecule has 1 aliphatic heterocycles. The molecule has 0 aromatic heterocycles. The van der Waals surface area contributed by atoms with Gasteiger partial charge in [0.05, 0.1) is 22.2 Å². The molecule has 0 spiro atoms. The maximum absolute atomic E-state index is 12.2. The number of amides is 1. The van der Waals surface area contributed by atoms with E-state index in [9.17, 15) is 4.79 Å². The Bertz CT molecular complexity index is 764. The van der Waals surface area contributed by atoms with Crippen LogP contribution in [0.1, 0.15) is 12.0 Å². The summed E-state index contributed by atoms with van der Waals surface area (Å²) in [6, 6.07) is 10.1. The lowest BCUT2D eigenvalue weighted by molar-refractivity contribution is -0.116. The highest BCUT2D eigenvalue weighted by atomic mass is 35.5. The number of nitrogens with zero attached hydrogens (tertiary/aromatic N) is 2. The van der Waals surface area contributed by atoms with Gasteiger partial charge in [0.1, 0.15) is 5.69 Å². The van der Waals surface area contributed by atoms with Crippen molar-refractivity contribution in [1.29, 1.82) is 0 Å². The molecule has 1 heterocycles. The van der Waals surface area contributed by atoms with Crippen molar-refractivity contribution in [3.63, 3.8) is 0 Å². The third kappa shape index (κ3) is 2.95. The zero-order chi connectivity index (χ0) is 15.9. The van der Waals surface area contributed by atoms with E-state index in [1.807, 2.05) is 12.1 Å². The Morgan fingerprint density at radius 1 is 0.909 bits per heavy atom. The molecule has 2 aromatic carbocycles. The standard InChI is InChI=1S/C15H8Cl4N2O/c16-9-3-1-8(2-4-9)13-7-14(22)21(20-13)15-11(18)5-10(17)6-12(15)19/h1-6H,7H2. The van der Waals surface area contributed by atoms with Crippen molar-refractivity contribution in [1.82, 2.24) is 0 Å². The molecule has 2 aromatic rings. The van der Waals surface area contributed by atoms with Gasteiger partial charge >= 0.3 is 0 Å². The summed E-state index contributed by atoms with van der Waals surface area (Å²) in [4.78, 5) is 12.2. The van der Waals surface area contributed by atoms with Gasteiger partial charge in [-0.05, 0) is 29.8 Å². The van der Waals surface area contributed by atoms with E-state index in [1.165, 1.54) is 17.1 Å². The summed E-state index contributed by atoms with van der Waals surface area (Å²) in [7, 11) is 0. The molecular formula is C15H8Cl4N2O. The van der Waals surface area contributed by atoms with E-state index < -0.39 is 0 Å². The average Bonchev–Trinajstić information content (AvgIpc) is 2.80. The molecule has 0 unspecified atom stereocenters. The van der Waals surface area contributed by atoms with Crippen LogP contribution in [0.5, 0.6) is 0 Å². The lowest BCUT2D eigenvalue weighted by atomic mass is 10.1. The Hall–Kier alpha value is -1.26. The monoisotopic (exact) mass is 372 g/mol. The normalized spacial score (nSPS) is 14.5. The Kier molecular flexibility index (Phi) is 4.33. The molecule has 0 N–H and O–H groups in total. The van der Waals surface area contributed by atoms with Gasteiger partial charge in [-0.15, -0.1) is 0 Å². The number of carbonyl (C=O) groups excluding carboxylic acids is 1. The van der Waals surface area contributed by atoms with Gasteiger partial charge in [-0.25, -0.2) is 0 Å².